The molecule has 3 unspecified atom stereocenters. The molecule has 0 aromatic heterocycles. The Morgan fingerprint density at radius 3 is 2.75 bits per heavy atom. The quantitative estimate of drug-likeness (QED) is 0.653. The van der Waals surface area contributed by atoms with E-state index in [2.05, 4.69) is 0 Å². The maximum atomic E-state index is 11.6. The van der Waals surface area contributed by atoms with E-state index in [1.807, 2.05) is 31.2 Å². The average Bonchev–Trinajstić information content (AvgIpc) is 2.33. The molecule has 12 heavy (non-hydrogen) atoms. The van der Waals surface area contributed by atoms with Crippen LogP contribution in [0, 0.1) is 0 Å². The Morgan fingerprint density at radius 1 is 1.42 bits per heavy atom. The summed E-state index contributed by atoms with van der Waals surface area (Å²) in [5.74, 6) is 0. The van der Waals surface area contributed by atoms with Crippen molar-refractivity contribution in [3.63, 3.8) is 0 Å². The van der Waals surface area contributed by atoms with E-state index in [0.717, 1.165) is 10.5 Å². The lowest BCUT2D eigenvalue weighted by molar-refractivity contribution is 0.662. The summed E-state index contributed by atoms with van der Waals surface area (Å²) in [6, 6.07) is 7.65. The highest BCUT2D eigenvalue weighted by molar-refractivity contribution is 7.86. The third-order valence-corrected chi connectivity index (χ3v) is 4.11. The Bertz CT molecular complexity index is 337. The highest BCUT2D eigenvalue weighted by Gasteiger charge is 2.32. The second-order valence-corrected chi connectivity index (χ2v) is 4.84. The molecule has 0 fully saturated rings. The molecule has 64 valence electrons. The molecular weight excluding hydrogens is 170 g/mol. The van der Waals surface area contributed by atoms with Crippen molar-refractivity contribution in [3.05, 3.63) is 29.8 Å². The fourth-order valence-electron chi connectivity index (χ4n) is 1.53. The summed E-state index contributed by atoms with van der Waals surface area (Å²) >= 11 is 0. The summed E-state index contributed by atoms with van der Waals surface area (Å²) in [4.78, 5) is 0.914. The van der Waals surface area contributed by atoms with Crippen molar-refractivity contribution in [3.8, 4) is 0 Å². The molecule has 2 nitrogen and oxygen atoms in total. The van der Waals surface area contributed by atoms with E-state index in [-0.39, 0.29) is 11.3 Å². The molecule has 0 radical (unpaired) electrons. The zero-order valence-electron chi connectivity index (χ0n) is 6.86. The molecule has 1 heterocycles. The molecule has 1 aromatic carbocycles. The lowest BCUT2D eigenvalue weighted by Crippen LogP contribution is -2.19. The molecule has 3 heteroatoms. The zero-order chi connectivity index (χ0) is 8.72. The van der Waals surface area contributed by atoms with Gasteiger partial charge in [0.25, 0.3) is 0 Å². The van der Waals surface area contributed by atoms with E-state index in [1.54, 1.807) is 0 Å². The first kappa shape index (κ1) is 7.95. The van der Waals surface area contributed by atoms with Crippen LogP contribution >= 0.6 is 0 Å². The Morgan fingerprint density at radius 2 is 2.08 bits per heavy atom. The largest absolute Gasteiger partial charge is 0.323 e. The van der Waals surface area contributed by atoms with Gasteiger partial charge < -0.3 is 5.73 Å². The third-order valence-electron chi connectivity index (χ3n) is 2.34. The van der Waals surface area contributed by atoms with Gasteiger partial charge in [-0.25, -0.2) is 0 Å². The van der Waals surface area contributed by atoms with Crippen LogP contribution in [0.4, 0.5) is 0 Å². The molecule has 1 aromatic rings. The van der Waals surface area contributed by atoms with Crippen LogP contribution in [0.1, 0.15) is 18.5 Å². The van der Waals surface area contributed by atoms with Gasteiger partial charge in [0, 0.05) is 10.9 Å². The lowest BCUT2D eigenvalue weighted by atomic mass is 10.1. The van der Waals surface area contributed by atoms with Crippen molar-refractivity contribution in [1.82, 2.24) is 0 Å². The minimum Gasteiger partial charge on any atom is -0.323 e. The molecule has 0 saturated heterocycles. The minimum atomic E-state index is -0.898. The Hall–Kier alpha value is -0.670. The minimum absolute atomic E-state index is 0.0537. The molecule has 2 N–H and O–H groups in total. The van der Waals surface area contributed by atoms with Gasteiger partial charge in [-0.3, -0.25) is 4.21 Å². The van der Waals surface area contributed by atoms with Gasteiger partial charge in [0.05, 0.1) is 16.0 Å². The summed E-state index contributed by atoms with van der Waals surface area (Å²) in [6.45, 7) is 1.93. The first-order valence-electron chi connectivity index (χ1n) is 3.97. The number of hydrogen-bond acceptors (Lipinski definition) is 2. The van der Waals surface area contributed by atoms with E-state index in [1.165, 1.54) is 0 Å². The number of hydrogen-bond donors (Lipinski definition) is 1. The van der Waals surface area contributed by atoms with Gasteiger partial charge in [-0.2, -0.15) is 0 Å². The molecule has 0 saturated carbocycles. The van der Waals surface area contributed by atoms with Gasteiger partial charge in [0.15, 0.2) is 0 Å². The van der Waals surface area contributed by atoms with Gasteiger partial charge >= 0.3 is 0 Å². The van der Waals surface area contributed by atoms with Crippen LogP contribution in [0.2, 0.25) is 0 Å². The second kappa shape index (κ2) is 2.68. The monoisotopic (exact) mass is 181 g/mol. The summed E-state index contributed by atoms with van der Waals surface area (Å²) in [5.41, 5.74) is 6.93. The van der Waals surface area contributed by atoms with Crippen LogP contribution in [0.15, 0.2) is 29.2 Å². The van der Waals surface area contributed by atoms with Crippen LogP contribution in [-0.2, 0) is 10.8 Å². The SMILES string of the molecule is CC1C(N)c2ccccc2S1=O. The maximum absolute atomic E-state index is 11.6. The fourth-order valence-corrected chi connectivity index (χ4v) is 2.99. The molecule has 0 bridgehead atoms. The Kier molecular flexibility index (Phi) is 1.77. The lowest BCUT2D eigenvalue weighted by Gasteiger charge is -2.06. The van der Waals surface area contributed by atoms with E-state index in [0.29, 0.717) is 0 Å². The van der Waals surface area contributed by atoms with E-state index in [4.69, 9.17) is 5.73 Å². The van der Waals surface area contributed by atoms with Crippen molar-refractivity contribution in [1.29, 1.82) is 0 Å². The molecule has 0 aliphatic carbocycles. The zero-order valence-corrected chi connectivity index (χ0v) is 7.67. The summed E-state index contributed by atoms with van der Waals surface area (Å²) < 4.78 is 11.6. The predicted octanol–water partition coefficient (Wildman–Crippen LogP) is 1.20. The number of benzene rings is 1. The first-order valence-corrected chi connectivity index (χ1v) is 5.18. The topological polar surface area (TPSA) is 43.1 Å². The molecule has 1 aliphatic heterocycles. The number of fused-ring (bicyclic) bond motifs is 1. The Labute approximate surface area is 74.2 Å². The summed E-state index contributed by atoms with van der Waals surface area (Å²) in [6.07, 6.45) is 0. The predicted molar refractivity (Wildman–Crippen MR) is 49.2 cm³/mol. The molecular formula is C9H11NOS. The van der Waals surface area contributed by atoms with Gasteiger partial charge in [-0.05, 0) is 18.6 Å². The molecule has 3 atom stereocenters. The van der Waals surface area contributed by atoms with Crippen molar-refractivity contribution in [2.45, 2.75) is 23.1 Å². The van der Waals surface area contributed by atoms with E-state index in [9.17, 15) is 4.21 Å². The Balaban J connectivity index is 2.59. The average molecular weight is 181 g/mol. The highest BCUT2D eigenvalue weighted by Crippen LogP contribution is 2.33. The fraction of sp³-hybridized carbons (Fsp3) is 0.333. The molecule has 2 rings (SSSR count). The van der Waals surface area contributed by atoms with Gasteiger partial charge in [-0.1, -0.05) is 18.2 Å². The van der Waals surface area contributed by atoms with E-state index >= 15 is 0 Å². The van der Waals surface area contributed by atoms with Crippen LogP contribution in [0.5, 0.6) is 0 Å². The van der Waals surface area contributed by atoms with Gasteiger partial charge in [0.1, 0.15) is 0 Å². The van der Waals surface area contributed by atoms with Gasteiger partial charge in [-0.15, -0.1) is 0 Å². The standard InChI is InChI=1S/C9H11NOS/c1-6-9(10)7-4-2-3-5-8(7)12(6)11/h2-6,9H,10H2,1H3. The molecule has 0 spiro atoms. The first-order chi connectivity index (χ1) is 5.72. The summed E-state index contributed by atoms with van der Waals surface area (Å²) in [7, 11) is -0.898. The number of rotatable bonds is 0. The highest BCUT2D eigenvalue weighted by atomic mass is 32.2. The summed E-state index contributed by atoms with van der Waals surface area (Å²) in [5, 5.41) is 0.0578. The molecule has 1 aliphatic rings. The molecule has 0 amide bonds. The smallest absolute Gasteiger partial charge is 0.0580 e. The normalized spacial score (nSPS) is 33.3. The van der Waals surface area contributed by atoms with Crippen LogP contribution in [0.25, 0.3) is 0 Å². The van der Waals surface area contributed by atoms with E-state index < -0.39 is 10.8 Å². The maximum Gasteiger partial charge on any atom is 0.0580 e. The van der Waals surface area contributed by atoms with Crippen LogP contribution in [0.3, 0.4) is 0 Å². The van der Waals surface area contributed by atoms with Crippen molar-refractivity contribution in [2.24, 2.45) is 5.73 Å². The van der Waals surface area contributed by atoms with Crippen molar-refractivity contribution < 1.29 is 4.21 Å². The third kappa shape index (κ3) is 0.934. The van der Waals surface area contributed by atoms with Crippen molar-refractivity contribution >= 4 is 10.8 Å². The van der Waals surface area contributed by atoms with Gasteiger partial charge in [0.2, 0.25) is 0 Å². The number of nitrogens with two attached hydrogens (primary N) is 1. The second-order valence-electron chi connectivity index (χ2n) is 3.07. The van der Waals surface area contributed by atoms with Crippen LogP contribution < -0.4 is 5.73 Å². The van der Waals surface area contributed by atoms with Crippen LogP contribution in [-0.4, -0.2) is 9.46 Å². The van der Waals surface area contributed by atoms with Crippen molar-refractivity contribution in [2.75, 3.05) is 0 Å².